The summed E-state index contributed by atoms with van der Waals surface area (Å²) < 4.78 is 13.2. The molecule has 0 aliphatic heterocycles. The smallest absolute Gasteiger partial charge is 0.191 e. The maximum atomic E-state index is 13.2. The Bertz CT molecular complexity index is 902. The van der Waals surface area contributed by atoms with Crippen LogP contribution in [0, 0.1) is 23.6 Å². The van der Waals surface area contributed by atoms with Crippen LogP contribution < -0.4 is 10.7 Å². The molecule has 0 atom stereocenters. The molecule has 4 aliphatic rings. The first-order valence-electron chi connectivity index (χ1n) is 10.5. The van der Waals surface area contributed by atoms with Crippen LogP contribution in [-0.4, -0.2) is 11.3 Å². The van der Waals surface area contributed by atoms with Crippen molar-refractivity contribution in [2.75, 3.05) is 5.32 Å². The Labute approximate surface area is 176 Å². The summed E-state index contributed by atoms with van der Waals surface area (Å²) in [6, 6.07) is 15.1. The Morgan fingerprint density at radius 1 is 1.00 bits per heavy atom. The van der Waals surface area contributed by atoms with E-state index in [4.69, 9.17) is 12.2 Å². The van der Waals surface area contributed by atoms with E-state index >= 15 is 0 Å². The minimum absolute atomic E-state index is 0.305. The molecule has 5 heteroatoms. The second-order valence-electron chi connectivity index (χ2n) is 9.15. The second kappa shape index (κ2) is 7.52. The van der Waals surface area contributed by atoms with E-state index in [2.05, 4.69) is 40.1 Å². The molecule has 4 aliphatic carbocycles. The number of nitrogens with one attached hydrogen (secondary N) is 2. The van der Waals surface area contributed by atoms with Crippen LogP contribution in [0.25, 0.3) is 0 Å². The van der Waals surface area contributed by atoms with Gasteiger partial charge in [-0.15, -0.1) is 0 Å². The molecule has 0 aromatic heterocycles. The highest BCUT2D eigenvalue weighted by Gasteiger charge is 2.51. The van der Waals surface area contributed by atoms with Crippen molar-refractivity contribution in [2.24, 2.45) is 22.9 Å². The predicted octanol–water partition coefficient (Wildman–Crippen LogP) is 5.61. The van der Waals surface area contributed by atoms with E-state index < -0.39 is 0 Å². The van der Waals surface area contributed by atoms with Crippen molar-refractivity contribution in [2.45, 2.75) is 43.9 Å². The SMILES string of the molecule is Fc1cccc(NC(=S)NN=Cc2ccc(C34CC5CC(CC(C5)C3)C4)cc2)c1. The van der Waals surface area contributed by atoms with Gasteiger partial charge in [0.15, 0.2) is 5.11 Å². The Hall–Kier alpha value is -2.27. The number of anilines is 1. The zero-order valence-corrected chi connectivity index (χ0v) is 17.2. The van der Waals surface area contributed by atoms with Gasteiger partial charge >= 0.3 is 0 Å². The fraction of sp³-hybridized carbons (Fsp3) is 0.417. The first kappa shape index (κ1) is 18.7. The zero-order chi connectivity index (χ0) is 19.8. The minimum Gasteiger partial charge on any atom is -0.331 e. The van der Waals surface area contributed by atoms with E-state index in [0.717, 1.165) is 23.3 Å². The van der Waals surface area contributed by atoms with Crippen molar-refractivity contribution in [3.63, 3.8) is 0 Å². The number of thiocarbonyl (C=S) groups is 1. The summed E-state index contributed by atoms with van der Waals surface area (Å²) in [5.41, 5.74) is 6.37. The Balaban J connectivity index is 1.20. The lowest BCUT2D eigenvalue weighted by Gasteiger charge is -2.57. The summed E-state index contributed by atoms with van der Waals surface area (Å²) in [4.78, 5) is 0. The molecule has 3 nitrogen and oxygen atoms in total. The van der Waals surface area contributed by atoms with E-state index in [0.29, 0.717) is 16.2 Å². The molecule has 0 spiro atoms. The molecule has 4 fully saturated rings. The molecule has 0 unspecified atom stereocenters. The van der Waals surface area contributed by atoms with Crippen LogP contribution in [0.5, 0.6) is 0 Å². The molecule has 2 aromatic carbocycles. The van der Waals surface area contributed by atoms with Crippen LogP contribution in [0.15, 0.2) is 53.6 Å². The van der Waals surface area contributed by atoms with Crippen LogP contribution in [0.1, 0.15) is 49.7 Å². The number of halogens is 1. The molecule has 29 heavy (non-hydrogen) atoms. The number of hydrogen-bond donors (Lipinski definition) is 2. The highest BCUT2D eigenvalue weighted by molar-refractivity contribution is 7.80. The van der Waals surface area contributed by atoms with Gasteiger partial charge in [0, 0.05) is 5.69 Å². The van der Waals surface area contributed by atoms with Crippen LogP contribution in [-0.2, 0) is 5.41 Å². The molecular formula is C24H26FN3S. The highest BCUT2D eigenvalue weighted by Crippen LogP contribution is 2.60. The summed E-state index contributed by atoms with van der Waals surface area (Å²) in [5, 5.41) is 7.46. The Morgan fingerprint density at radius 3 is 2.28 bits per heavy atom. The van der Waals surface area contributed by atoms with E-state index in [9.17, 15) is 4.39 Å². The fourth-order valence-electron chi connectivity index (χ4n) is 6.28. The van der Waals surface area contributed by atoms with E-state index in [1.807, 2.05) is 0 Å². The van der Waals surface area contributed by atoms with E-state index in [1.165, 1.54) is 56.2 Å². The van der Waals surface area contributed by atoms with Crippen LogP contribution >= 0.6 is 12.2 Å². The maximum absolute atomic E-state index is 13.2. The lowest BCUT2D eigenvalue weighted by molar-refractivity contribution is -0.00518. The molecular weight excluding hydrogens is 381 g/mol. The minimum atomic E-state index is -0.305. The van der Waals surface area contributed by atoms with Gasteiger partial charge in [-0.3, -0.25) is 5.43 Å². The standard InChI is InChI=1S/C24H26FN3S/c25-21-2-1-3-22(11-21)27-23(29)28-26-15-16-4-6-20(7-5-16)24-12-17-8-18(13-24)10-19(9-17)14-24/h1-7,11,15,17-19H,8-10,12-14H2,(H2,27,28,29). The highest BCUT2D eigenvalue weighted by atomic mass is 32.1. The van der Waals surface area contributed by atoms with Gasteiger partial charge < -0.3 is 5.32 Å². The third kappa shape index (κ3) is 3.93. The molecule has 0 heterocycles. The van der Waals surface area contributed by atoms with Crippen LogP contribution in [0.4, 0.5) is 10.1 Å². The third-order valence-corrected chi connectivity index (χ3v) is 7.22. The van der Waals surface area contributed by atoms with Gasteiger partial charge in [0.25, 0.3) is 0 Å². The summed E-state index contributed by atoms with van der Waals surface area (Å²) in [6.45, 7) is 0. The molecule has 4 saturated carbocycles. The van der Waals surface area contributed by atoms with E-state index in [1.54, 1.807) is 18.3 Å². The molecule has 0 saturated heterocycles. The van der Waals surface area contributed by atoms with E-state index in [-0.39, 0.29) is 5.82 Å². The zero-order valence-electron chi connectivity index (χ0n) is 16.4. The van der Waals surface area contributed by atoms with Crippen molar-refractivity contribution >= 4 is 29.2 Å². The number of benzene rings is 2. The molecule has 0 radical (unpaired) electrons. The lowest BCUT2D eigenvalue weighted by atomic mass is 9.48. The fourth-order valence-corrected chi connectivity index (χ4v) is 6.45. The first-order valence-corrected chi connectivity index (χ1v) is 10.9. The van der Waals surface area contributed by atoms with Gasteiger partial charge in [0.2, 0.25) is 0 Å². The van der Waals surface area contributed by atoms with Gasteiger partial charge in [-0.25, -0.2) is 4.39 Å². The normalized spacial score (nSPS) is 29.9. The van der Waals surface area contributed by atoms with Crippen molar-refractivity contribution in [3.8, 4) is 0 Å². The van der Waals surface area contributed by atoms with Crippen molar-refractivity contribution in [1.82, 2.24) is 5.43 Å². The number of rotatable bonds is 4. The summed E-state index contributed by atoms with van der Waals surface area (Å²) >= 11 is 5.21. The average Bonchev–Trinajstić information content (AvgIpc) is 2.67. The summed E-state index contributed by atoms with van der Waals surface area (Å²) in [7, 11) is 0. The predicted molar refractivity (Wildman–Crippen MR) is 120 cm³/mol. The molecule has 0 amide bonds. The maximum Gasteiger partial charge on any atom is 0.191 e. The third-order valence-electron chi connectivity index (χ3n) is 7.02. The molecule has 4 bridgehead atoms. The van der Waals surface area contributed by atoms with Crippen molar-refractivity contribution < 1.29 is 4.39 Å². The van der Waals surface area contributed by atoms with Gasteiger partial charge in [-0.05, 0) is 103 Å². The Kier molecular flexibility index (Phi) is 4.86. The molecule has 2 N–H and O–H groups in total. The van der Waals surface area contributed by atoms with Crippen LogP contribution in [0.3, 0.4) is 0 Å². The van der Waals surface area contributed by atoms with Gasteiger partial charge in [0.05, 0.1) is 6.21 Å². The molecule has 6 rings (SSSR count). The van der Waals surface area contributed by atoms with Crippen LogP contribution in [0.2, 0.25) is 0 Å². The number of hydrazone groups is 1. The largest absolute Gasteiger partial charge is 0.331 e. The number of nitrogens with zero attached hydrogens (tertiary/aromatic N) is 1. The second-order valence-corrected chi connectivity index (χ2v) is 9.56. The topological polar surface area (TPSA) is 36.4 Å². The van der Waals surface area contributed by atoms with Gasteiger partial charge in [0.1, 0.15) is 5.82 Å². The molecule has 2 aromatic rings. The molecule has 150 valence electrons. The lowest BCUT2D eigenvalue weighted by Crippen LogP contribution is -2.48. The summed E-state index contributed by atoms with van der Waals surface area (Å²) in [6.07, 6.45) is 10.3. The quantitative estimate of drug-likeness (QED) is 0.393. The van der Waals surface area contributed by atoms with Gasteiger partial charge in [-0.2, -0.15) is 5.10 Å². The Morgan fingerprint density at radius 2 is 1.66 bits per heavy atom. The van der Waals surface area contributed by atoms with Gasteiger partial charge in [-0.1, -0.05) is 30.3 Å². The first-order chi connectivity index (χ1) is 14.1. The average molecular weight is 408 g/mol. The van der Waals surface area contributed by atoms with Crippen molar-refractivity contribution in [3.05, 3.63) is 65.5 Å². The summed E-state index contributed by atoms with van der Waals surface area (Å²) in [5.74, 6) is 2.57. The van der Waals surface area contributed by atoms with Crippen molar-refractivity contribution in [1.29, 1.82) is 0 Å². The number of hydrogen-bond acceptors (Lipinski definition) is 2. The monoisotopic (exact) mass is 407 g/mol.